The number of fused-ring (bicyclic) bond motifs is 3. The first kappa shape index (κ1) is 16.3. The fourth-order valence-corrected chi connectivity index (χ4v) is 2.55. The highest BCUT2D eigenvalue weighted by molar-refractivity contribution is 5.83. The number of hydrogen-bond donors (Lipinski definition) is 0. The molecule has 0 aliphatic rings. The number of nitrogens with zero attached hydrogens (tertiary/aromatic N) is 6. The minimum atomic E-state index is -5.06. The highest BCUT2D eigenvalue weighted by atomic mass is 19.4. The maximum absolute atomic E-state index is 13.3. The lowest BCUT2D eigenvalue weighted by Crippen LogP contribution is -2.15. The zero-order valence-corrected chi connectivity index (χ0v) is 12.4. The van der Waals surface area contributed by atoms with Crippen LogP contribution < -0.4 is 0 Å². The molecule has 0 bridgehead atoms. The molecule has 0 amide bonds. The Morgan fingerprint density at radius 1 is 0.923 bits per heavy atom. The molecule has 0 aliphatic heterocycles. The highest BCUT2D eigenvalue weighted by Gasteiger charge is 2.39. The Bertz CT molecular complexity index is 1110. The van der Waals surface area contributed by atoms with Crippen molar-refractivity contribution in [2.75, 3.05) is 0 Å². The fraction of sp³-hybridized carbons (Fsp3) is 0.143. The fourth-order valence-electron chi connectivity index (χ4n) is 2.55. The van der Waals surface area contributed by atoms with Gasteiger partial charge in [0.1, 0.15) is 11.3 Å². The summed E-state index contributed by atoms with van der Waals surface area (Å²) < 4.78 is 81.4. The van der Waals surface area contributed by atoms with Crippen LogP contribution in [0.1, 0.15) is 11.3 Å². The number of aromatic nitrogens is 6. The molecule has 4 aromatic heterocycles. The molecular weight excluding hydrogens is 366 g/mol. The van der Waals surface area contributed by atoms with Crippen molar-refractivity contribution < 1.29 is 26.3 Å². The molecule has 4 aromatic rings. The Hall–Kier alpha value is -3.18. The molecule has 0 aliphatic carbocycles. The third-order valence-corrected chi connectivity index (χ3v) is 3.63. The van der Waals surface area contributed by atoms with E-state index in [1.165, 1.54) is 24.5 Å². The van der Waals surface area contributed by atoms with Gasteiger partial charge >= 0.3 is 12.4 Å². The second-order valence-electron chi connectivity index (χ2n) is 5.27. The SMILES string of the molecule is FC(F)(F)c1cc(C(F)(F)F)c2ccc3nnc(-n4cccn4)n3c2n1. The Morgan fingerprint density at radius 3 is 2.31 bits per heavy atom. The van der Waals surface area contributed by atoms with Crippen molar-refractivity contribution in [1.82, 2.24) is 29.4 Å². The first-order valence-electron chi connectivity index (χ1n) is 6.99. The molecule has 12 heteroatoms. The minimum absolute atomic E-state index is 0.00783. The van der Waals surface area contributed by atoms with Crippen LogP contribution >= 0.6 is 0 Å². The molecule has 0 fully saturated rings. The third kappa shape index (κ3) is 2.45. The molecule has 134 valence electrons. The second kappa shape index (κ2) is 5.16. The maximum Gasteiger partial charge on any atom is 0.433 e. The van der Waals surface area contributed by atoms with E-state index in [0.717, 1.165) is 15.1 Å². The predicted molar refractivity (Wildman–Crippen MR) is 75.4 cm³/mol. The van der Waals surface area contributed by atoms with Crippen LogP contribution in [0, 0.1) is 0 Å². The largest absolute Gasteiger partial charge is 0.433 e. The third-order valence-electron chi connectivity index (χ3n) is 3.63. The van der Waals surface area contributed by atoms with Crippen molar-refractivity contribution in [3.05, 3.63) is 47.9 Å². The minimum Gasteiger partial charge on any atom is -0.243 e. The Kier molecular flexibility index (Phi) is 3.23. The van der Waals surface area contributed by atoms with E-state index in [4.69, 9.17) is 0 Å². The van der Waals surface area contributed by atoms with Gasteiger partial charge < -0.3 is 0 Å². The lowest BCUT2D eigenvalue weighted by Gasteiger charge is -2.15. The van der Waals surface area contributed by atoms with E-state index in [-0.39, 0.29) is 17.7 Å². The monoisotopic (exact) mass is 372 g/mol. The van der Waals surface area contributed by atoms with Crippen molar-refractivity contribution >= 4 is 16.7 Å². The van der Waals surface area contributed by atoms with Gasteiger partial charge in [0, 0.05) is 17.8 Å². The molecule has 0 saturated carbocycles. The quantitative estimate of drug-likeness (QED) is 0.480. The van der Waals surface area contributed by atoms with Crippen LogP contribution in [0.4, 0.5) is 26.3 Å². The Balaban J connectivity index is 2.18. The molecule has 4 rings (SSSR count). The number of pyridine rings is 2. The van der Waals surface area contributed by atoms with Crippen molar-refractivity contribution in [3.8, 4) is 5.95 Å². The van der Waals surface area contributed by atoms with Crippen LogP contribution in [0.25, 0.3) is 22.6 Å². The molecule has 0 unspecified atom stereocenters. The highest BCUT2D eigenvalue weighted by Crippen LogP contribution is 2.38. The van der Waals surface area contributed by atoms with Gasteiger partial charge in [-0.3, -0.25) is 0 Å². The van der Waals surface area contributed by atoms with Crippen LogP contribution in [0.3, 0.4) is 0 Å². The van der Waals surface area contributed by atoms with Crippen LogP contribution in [0.5, 0.6) is 0 Å². The molecule has 0 saturated heterocycles. The molecule has 0 aromatic carbocycles. The predicted octanol–water partition coefficient (Wildman–Crippen LogP) is 3.50. The standard InChI is InChI=1S/C14H6F6N6/c15-13(16,17)8-6-9(14(18,19)20)22-11-7(8)2-3-10-23-24-12(26(10)11)25-5-1-4-21-25/h1-6H. The summed E-state index contributed by atoms with van der Waals surface area (Å²) in [7, 11) is 0. The Labute approximate surface area is 139 Å². The summed E-state index contributed by atoms with van der Waals surface area (Å²) in [6, 6.07) is 3.74. The topological polar surface area (TPSA) is 60.9 Å². The number of rotatable bonds is 1. The zero-order chi connectivity index (χ0) is 18.7. The Morgan fingerprint density at radius 2 is 1.69 bits per heavy atom. The van der Waals surface area contributed by atoms with E-state index in [2.05, 4.69) is 20.3 Å². The first-order valence-corrected chi connectivity index (χ1v) is 6.99. The summed E-state index contributed by atoms with van der Waals surface area (Å²) in [5, 5.41) is 10.9. The van der Waals surface area contributed by atoms with Gasteiger partial charge in [0.25, 0.3) is 5.95 Å². The van der Waals surface area contributed by atoms with E-state index >= 15 is 0 Å². The van der Waals surface area contributed by atoms with Crippen molar-refractivity contribution in [1.29, 1.82) is 0 Å². The molecular formula is C14H6F6N6. The molecule has 26 heavy (non-hydrogen) atoms. The van der Waals surface area contributed by atoms with E-state index < -0.39 is 34.6 Å². The maximum atomic E-state index is 13.3. The summed E-state index contributed by atoms with van der Waals surface area (Å²) >= 11 is 0. The van der Waals surface area contributed by atoms with Crippen LogP contribution in [0.15, 0.2) is 36.7 Å². The first-order chi connectivity index (χ1) is 12.2. The summed E-state index contributed by atoms with van der Waals surface area (Å²) in [6.07, 6.45) is -7.26. The van der Waals surface area contributed by atoms with Gasteiger partial charge in [-0.05, 0) is 24.3 Å². The average molecular weight is 372 g/mol. The second-order valence-corrected chi connectivity index (χ2v) is 5.27. The van der Waals surface area contributed by atoms with Gasteiger partial charge in [0.15, 0.2) is 5.65 Å². The van der Waals surface area contributed by atoms with Gasteiger partial charge in [-0.1, -0.05) is 0 Å². The van der Waals surface area contributed by atoms with Crippen molar-refractivity contribution in [2.24, 2.45) is 0 Å². The molecule has 0 atom stereocenters. The van der Waals surface area contributed by atoms with Gasteiger partial charge in [-0.2, -0.15) is 31.4 Å². The van der Waals surface area contributed by atoms with Gasteiger partial charge in [-0.15, -0.1) is 10.2 Å². The van der Waals surface area contributed by atoms with Gasteiger partial charge in [0.05, 0.1) is 5.56 Å². The van der Waals surface area contributed by atoms with E-state index in [9.17, 15) is 26.3 Å². The smallest absolute Gasteiger partial charge is 0.243 e. The summed E-state index contributed by atoms with van der Waals surface area (Å²) in [4.78, 5) is 3.41. The summed E-state index contributed by atoms with van der Waals surface area (Å²) in [5.74, 6) is -0.0875. The van der Waals surface area contributed by atoms with E-state index in [0.29, 0.717) is 0 Å². The zero-order valence-electron chi connectivity index (χ0n) is 12.4. The van der Waals surface area contributed by atoms with Gasteiger partial charge in [-0.25, -0.2) is 14.1 Å². The lowest BCUT2D eigenvalue weighted by atomic mass is 10.1. The summed E-state index contributed by atoms with van der Waals surface area (Å²) in [6.45, 7) is 0. The molecule has 4 heterocycles. The lowest BCUT2D eigenvalue weighted by molar-refractivity contribution is -0.144. The van der Waals surface area contributed by atoms with Crippen molar-refractivity contribution in [2.45, 2.75) is 12.4 Å². The molecule has 0 radical (unpaired) electrons. The van der Waals surface area contributed by atoms with Crippen molar-refractivity contribution in [3.63, 3.8) is 0 Å². The number of alkyl halides is 6. The van der Waals surface area contributed by atoms with Gasteiger partial charge in [0.2, 0.25) is 0 Å². The number of halogens is 6. The summed E-state index contributed by atoms with van der Waals surface area (Å²) in [5.41, 5.74) is -3.65. The van der Waals surface area contributed by atoms with Crippen LogP contribution in [-0.4, -0.2) is 29.4 Å². The molecule has 6 nitrogen and oxygen atoms in total. The normalized spacial score (nSPS) is 13.0. The van der Waals surface area contributed by atoms with Crippen LogP contribution in [0.2, 0.25) is 0 Å². The van der Waals surface area contributed by atoms with E-state index in [1.807, 2.05) is 0 Å². The van der Waals surface area contributed by atoms with E-state index in [1.54, 1.807) is 0 Å². The average Bonchev–Trinajstić information content (AvgIpc) is 3.20. The molecule has 0 N–H and O–H groups in total. The van der Waals surface area contributed by atoms with Crippen LogP contribution in [-0.2, 0) is 12.4 Å². The molecule has 0 spiro atoms. The number of hydrogen-bond acceptors (Lipinski definition) is 4.